The quantitative estimate of drug-likeness (QED) is 0.583. The van der Waals surface area contributed by atoms with Crippen LogP contribution in [-0.4, -0.2) is 35.4 Å². The first kappa shape index (κ1) is 15.6. The maximum absolute atomic E-state index is 13.0. The van der Waals surface area contributed by atoms with Crippen LogP contribution in [-0.2, 0) is 19.1 Å². The molecule has 0 amide bonds. The monoisotopic (exact) mass is 344 g/mol. The first-order valence-electron chi connectivity index (χ1n) is 9.13. The minimum Gasteiger partial charge on any atom is -0.469 e. The van der Waals surface area contributed by atoms with Gasteiger partial charge in [-0.15, -0.1) is 0 Å². The fourth-order valence-electron chi connectivity index (χ4n) is 7.34. The van der Waals surface area contributed by atoms with E-state index >= 15 is 0 Å². The van der Waals surface area contributed by atoms with Gasteiger partial charge in [0.25, 0.3) is 0 Å². The average Bonchev–Trinajstić information content (AvgIpc) is 2.95. The standard InChI is InChI=1S/C20H24O5/c1-11-9-18-10-19(11,23)8-5-12(18)20-7-4-6-17(2,16(22)25-20)14(20)13(18)15(21)24-3/h4,6,12-14,23H,1,5,7-10H2,2-3H3/t12?,13-,14?,17+,18+,19+,20-/m1/s1. The summed E-state index contributed by atoms with van der Waals surface area (Å²) in [5.74, 6) is -1.13. The van der Waals surface area contributed by atoms with Gasteiger partial charge in [-0.05, 0) is 43.6 Å². The van der Waals surface area contributed by atoms with Crippen LogP contribution in [0.2, 0.25) is 0 Å². The Morgan fingerprint density at radius 3 is 2.96 bits per heavy atom. The minimum absolute atomic E-state index is 0.0596. The molecule has 2 unspecified atom stereocenters. The Morgan fingerprint density at radius 1 is 1.48 bits per heavy atom. The molecule has 1 spiro atoms. The molecular weight excluding hydrogens is 320 g/mol. The van der Waals surface area contributed by atoms with Crippen molar-refractivity contribution in [3.05, 3.63) is 24.3 Å². The van der Waals surface area contributed by atoms with E-state index < -0.39 is 27.9 Å². The van der Waals surface area contributed by atoms with Gasteiger partial charge in [0, 0.05) is 18.3 Å². The maximum Gasteiger partial charge on any atom is 0.316 e. The number of carbonyl (C=O) groups is 2. The summed E-state index contributed by atoms with van der Waals surface area (Å²) in [5, 5.41) is 11.0. The molecule has 5 aliphatic rings. The SMILES string of the molecule is C=C1C[C@]23C[C@@]1(O)CCC2[C@@]12CC=C[C@](C)(C(=O)O1)C2[C@@H]3C(=O)OC. The molecule has 3 saturated carbocycles. The van der Waals surface area contributed by atoms with Crippen LogP contribution in [0.4, 0.5) is 0 Å². The molecule has 1 aliphatic heterocycles. The molecule has 7 atom stereocenters. The zero-order valence-corrected chi connectivity index (χ0v) is 14.7. The number of aliphatic hydroxyl groups is 1. The number of esters is 2. The molecule has 4 fully saturated rings. The number of rotatable bonds is 1. The summed E-state index contributed by atoms with van der Waals surface area (Å²) in [7, 11) is 1.41. The number of ether oxygens (including phenoxy) is 2. The average molecular weight is 344 g/mol. The van der Waals surface area contributed by atoms with Gasteiger partial charge >= 0.3 is 11.9 Å². The number of fused-ring (bicyclic) bond motifs is 1. The van der Waals surface area contributed by atoms with Gasteiger partial charge in [-0.2, -0.15) is 0 Å². The number of hydrogen-bond acceptors (Lipinski definition) is 5. The summed E-state index contributed by atoms with van der Waals surface area (Å²) in [6.45, 7) is 6.01. The highest BCUT2D eigenvalue weighted by atomic mass is 16.6. The molecule has 5 rings (SSSR count). The third-order valence-electron chi connectivity index (χ3n) is 8.16. The summed E-state index contributed by atoms with van der Waals surface area (Å²) in [5.41, 5.74) is -1.95. The predicted octanol–water partition coefficient (Wildman–Crippen LogP) is 2.14. The molecule has 1 N–H and O–H groups in total. The maximum atomic E-state index is 13.0. The van der Waals surface area contributed by atoms with E-state index in [1.54, 1.807) is 0 Å². The Morgan fingerprint density at radius 2 is 2.24 bits per heavy atom. The largest absolute Gasteiger partial charge is 0.469 e. The minimum atomic E-state index is -0.898. The predicted molar refractivity (Wildman–Crippen MR) is 88.2 cm³/mol. The number of methoxy groups -OCH3 is 1. The molecular formula is C20H24O5. The van der Waals surface area contributed by atoms with Crippen molar-refractivity contribution in [1.29, 1.82) is 0 Å². The van der Waals surface area contributed by atoms with Crippen LogP contribution in [0.15, 0.2) is 24.3 Å². The van der Waals surface area contributed by atoms with Crippen molar-refractivity contribution in [3.8, 4) is 0 Å². The van der Waals surface area contributed by atoms with Gasteiger partial charge in [0.15, 0.2) is 0 Å². The lowest BCUT2D eigenvalue weighted by molar-refractivity contribution is -0.162. The summed E-state index contributed by atoms with van der Waals surface area (Å²) >= 11 is 0. The second-order valence-electron chi connectivity index (χ2n) is 9.03. The first-order valence-corrected chi connectivity index (χ1v) is 9.13. The van der Waals surface area contributed by atoms with E-state index in [2.05, 4.69) is 6.58 Å². The fraction of sp³-hybridized carbons (Fsp3) is 0.700. The normalized spacial score (nSPS) is 54.9. The van der Waals surface area contributed by atoms with Crippen molar-refractivity contribution in [2.24, 2.45) is 28.6 Å². The Labute approximate surface area is 147 Å². The van der Waals surface area contributed by atoms with Gasteiger partial charge in [-0.25, -0.2) is 0 Å². The molecule has 5 nitrogen and oxygen atoms in total. The molecule has 0 aromatic rings. The van der Waals surface area contributed by atoms with E-state index in [4.69, 9.17) is 9.47 Å². The van der Waals surface area contributed by atoms with Gasteiger partial charge in [0.1, 0.15) is 5.60 Å². The van der Waals surface area contributed by atoms with E-state index in [0.29, 0.717) is 25.7 Å². The van der Waals surface area contributed by atoms with Crippen molar-refractivity contribution in [1.82, 2.24) is 0 Å². The lowest BCUT2D eigenvalue weighted by Crippen LogP contribution is -2.47. The van der Waals surface area contributed by atoms with Crippen molar-refractivity contribution >= 4 is 11.9 Å². The van der Waals surface area contributed by atoms with Crippen LogP contribution in [0.3, 0.4) is 0 Å². The van der Waals surface area contributed by atoms with Gasteiger partial charge in [0.05, 0.1) is 24.0 Å². The smallest absolute Gasteiger partial charge is 0.316 e. The second-order valence-corrected chi connectivity index (χ2v) is 9.03. The van der Waals surface area contributed by atoms with Gasteiger partial charge in [-0.3, -0.25) is 9.59 Å². The van der Waals surface area contributed by atoms with Crippen molar-refractivity contribution in [2.75, 3.05) is 7.11 Å². The van der Waals surface area contributed by atoms with E-state index in [-0.39, 0.29) is 23.8 Å². The highest BCUT2D eigenvalue weighted by Gasteiger charge is 2.82. The second kappa shape index (κ2) is 4.20. The van der Waals surface area contributed by atoms with Gasteiger partial charge in [0.2, 0.25) is 0 Å². The molecule has 1 heterocycles. The van der Waals surface area contributed by atoms with Gasteiger partial charge < -0.3 is 14.6 Å². The van der Waals surface area contributed by atoms with Crippen LogP contribution in [0.5, 0.6) is 0 Å². The van der Waals surface area contributed by atoms with E-state index in [1.165, 1.54) is 7.11 Å². The topological polar surface area (TPSA) is 72.8 Å². The summed E-state index contributed by atoms with van der Waals surface area (Å²) in [4.78, 5) is 25.7. The number of hydrogen-bond donors (Lipinski definition) is 1. The Kier molecular flexibility index (Phi) is 2.62. The Balaban J connectivity index is 1.76. The third-order valence-corrected chi connectivity index (χ3v) is 8.16. The van der Waals surface area contributed by atoms with E-state index in [1.807, 2.05) is 19.1 Å². The highest BCUT2D eigenvalue weighted by Crippen LogP contribution is 2.77. The van der Waals surface area contributed by atoms with Crippen LogP contribution in [0.25, 0.3) is 0 Å². The zero-order valence-electron chi connectivity index (χ0n) is 14.7. The van der Waals surface area contributed by atoms with E-state index in [0.717, 1.165) is 12.0 Å². The molecule has 134 valence electrons. The molecule has 4 aliphatic carbocycles. The molecule has 0 radical (unpaired) electrons. The third kappa shape index (κ3) is 1.44. The van der Waals surface area contributed by atoms with Gasteiger partial charge in [-0.1, -0.05) is 18.7 Å². The lowest BCUT2D eigenvalue weighted by atomic mass is 9.62. The molecule has 4 bridgehead atoms. The van der Waals surface area contributed by atoms with E-state index in [9.17, 15) is 14.7 Å². The Hall–Kier alpha value is -1.62. The van der Waals surface area contributed by atoms with Crippen molar-refractivity contribution in [3.63, 3.8) is 0 Å². The van der Waals surface area contributed by atoms with Crippen LogP contribution in [0, 0.1) is 28.6 Å². The van der Waals surface area contributed by atoms with Crippen molar-refractivity contribution < 1.29 is 24.2 Å². The number of carbonyl (C=O) groups excluding carboxylic acids is 2. The highest BCUT2D eigenvalue weighted by molar-refractivity contribution is 5.87. The van der Waals surface area contributed by atoms with Crippen molar-refractivity contribution in [2.45, 2.75) is 50.2 Å². The molecule has 25 heavy (non-hydrogen) atoms. The molecule has 1 saturated heterocycles. The fourth-order valence-corrected chi connectivity index (χ4v) is 7.34. The molecule has 0 aromatic carbocycles. The summed E-state index contributed by atoms with van der Waals surface area (Å²) < 4.78 is 11.3. The van der Waals surface area contributed by atoms with Crippen LogP contribution in [0.1, 0.15) is 39.0 Å². The zero-order chi connectivity index (χ0) is 17.8. The lowest BCUT2D eigenvalue weighted by Gasteiger charge is -2.45. The molecule has 0 aromatic heterocycles. The Bertz CT molecular complexity index is 755. The summed E-state index contributed by atoms with van der Waals surface area (Å²) in [6, 6.07) is 0. The van der Waals surface area contributed by atoms with Crippen LogP contribution >= 0.6 is 0 Å². The first-order chi connectivity index (χ1) is 11.7. The summed E-state index contributed by atoms with van der Waals surface area (Å²) in [6.07, 6.45) is 7.11. The van der Waals surface area contributed by atoms with Crippen LogP contribution < -0.4 is 0 Å². The molecule has 5 heteroatoms.